The second-order valence-corrected chi connectivity index (χ2v) is 8.54. The molecule has 0 aromatic heterocycles. The van der Waals surface area contributed by atoms with Gasteiger partial charge in [0.1, 0.15) is 0 Å². The van der Waals surface area contributed by atoms with Gasteiger partial charge in [-0.1, -0.05) is 31.6 Å². The Morgan fingerprint density at radius 1 is 1.14 bits per heavy atom. The lowest BCUT2D eigenvalue weighted by Gasteiger charge is -2.55. The summed E-state index contributed by atoms with van der Waals surface area (Å²) in [5.74, 6) is 1.54. The fourth-order valence-corrected chi connectivity index (χ4v) is 6.26. The monoisotopic (exact) mass is 303 g/mol. The molecule has 0 radical (unpaired) electrons. The number of hydrogen-bond acceptors (Lipinski definition) is 3. The molecule has 7 atom stereocenters. The molecule has 22 heavy (non-hydrogen) atoms. The first-order valence-corrected chi connectivity index (χ1v) is 8.92. The van der Waals surface area contributed by atoms with E-state index >= 15 is 0 Å². The predicted octanol–water partition coefficient (Wildman–Crippen LogP) is 2.73. The van der Waals surface area contributed by atoms with Crippen molar-refractivity contribution >= 4 is 0 Å². The number of aliphatic hydroxyl groups is 2. The summed E-state index contributed by atoms with van der Waals surface area (Å²) in [7, 11) is 0. The minimum atomic E-state index is -0.583. The molecule has 122 valence electrons. The molecule has 0 amide bonds. The van der Waals surface area contributed by atoms with Gasteiger partial charge >= 0.3 is 0 Å². The Labute approximate surface area is 133 Å². The SMILES string of the molecule is C[C@]12C(N)=CCCC1CC[C@@H]1C2=CC[C@]2(C)[C@@H](O)[C@H](O)C[C@@H]12. The number of allylic oxidation sites excluding steroid dienone is 3. The Morgan fingerprint density at radius 2 is 1.91 bits per heavy atom. The van der Waals surface area contributed by atoms with E-state index in [1.54, 1.807) is 0 Å². The van der Waals surface area contributed by atoms with Crippen molar-refractivity contribution in [3.8, 4) is 0 Å². The quantitative estimate of drug-likeness (QED) is 0.603. The summed E-state index contributed by atoms with van der Waals surface area (Å²) in [6, 6.07) is 0. The van der Waals surface area contributed by atoms with Gasteiger partial charge in [-0.25, -0.2) is 0 Å². The van der Waals surface area contributed by atoms with E-state index in [0.29, 0.717) is 17.8 Å². The van der Waals surface area contributed by atoms with Gasteiger partial charge in [0.2, 0.25) is 0 Å². The zero-order valence-corrected chi connectivity index (χ0v) is 13.8. The smallest absolute Gasteiger partial charge is 0.0858 e. The van der Waals surface area contributed by atoms with Crippen LogP contribution in [0.25, 0.3) is 0 Å². The van der Waals surface area contributed by atoms with E-state index in [9.17, 15) is 10.2 Å². The third-order valence-corrected chi connectivity index (χ3v) is 7.75. The van der Waals surface area contributed by atoms with Gasteiger partial charge < -0.3 is 15.9 Å². The third kappa shape index (κ3) is 1.64. The van der Waals surface area contributed by atoms with Crippen LogP contribution in [0.15, 0.2) is 23.4 Å². The molecular weight excluding hydrogens is 274 g/mol. The van der Waals surface area contributed by atoms with E-state index in [0.717, 1.165) is 25.0 Å². The van der Waals surface area contributed by atoms with Crippen molar-refractivity contribution in [1.29, 1.82) is 0 Å². The molecule has 0 saturated heterocycles. The summed E-state index contributed by atoms with van der Waals surface area (Å²) in [5, 5.41) is 20.7. The number of fused-ring (bicyclic) bond motifs is 5. The highest BCUT2D eigenvalue weighted by atomic mass is 16.3. The first-order valence-electron chi connectivity index (χ1n) is 8.92. The van der Waals surface area contributed by atoms with Crippen LogP contribution < -0.4 is 5.73 Å². The van der Waals surface area contributed by atoms with E-state index in [1.807, 2.05) is 0 Å². The van der Waals surface area contributed by atoms with Gasteiger partial charge in [-0.05, 0) is 56.3 Å². The Kier molecular flexibility index (Phi) is 3.09. The highest BCUT2D eigenvalue weighted by Gasteiger charge is 2.59. The lowest BCUT2D eigenvalue weighted by Crippen LogP contribution is -2.49. The van der Waals surface area contributed by atoms with E-state index in [2.05, 4.69) is 26.0 Å². The normalized spacial score (nSPS) is 53.9. The highest BCUT2D eigenvalue weighted by Crippen LogP contribution is 2.63. The Bertz CT molecular complexity index is 554. The van der Waals surface area contributed by atoms with Crippen LogP contribution in [0.4, 0.5) is 0 Å². The van der Waals surface area contributed by atoms with Gasteiger partial charge in [0.05, 0.1) is 12.2 Å². The molecule has 4 aliphatic carbocycles. The highest BCUT2D eigenvalue weighted by molar-refractivity contribution is 5.37. The molecule has 3 heteroatoms. The molecule has 0 spiro atoms. The van der Waals surface area contributed by atoms with Gasteiger partial charge in [-0.3, -0.25) is 0 Å². The van der Waals surface area contributed by atoms with Crippen LogP contribution in [-0.2, 0) is 0 Å². The standard InChI is InChI=1S/C19H29NO2/c1-18-9-8-13-12(14(18)10-15(21)17(18)22)7-6-11-4-3-5-16(20)19(11,13)2/h5,8,11-12,14-15,17,21-22H,3-4,6-7,9-10,20H2,1-2H3/t11?,12-,14+,15-,17+,18+,19+/m1/s1. The number of hydrogen-bond donors (Lipinski definition) is 3. The van der Waals surface area contributed by atoms with E-state index in [4.69, 9.17) is 5.73 Å². The summed E-state index contributed by atoms with van der Waals surface area (Å²) in [5.41, 5.74) is 8.90. The maximum Gasteiger partial charge on any atom is 0.0858 e. The van der Waals surface area contributed by atoms with E-state index in [-0.39, 0.29) is 10.8 Å². The van der Waals surface area contributed by atoms with Crippen molar-refractivity contribution in [1.82, 2.24) is 0 Å². The molecule has 2 saturated carbocycles. The van der Waals surface area contributed by atoms with Crippen LogP contribution in [0.5, 0.6) is 0 Å². The lowest BCUT2D eigenvalue weighted by atomic mass is 9.50. The third-order valence-electron chi connectivity index (χ3n) is 7.75. The molecule has 0 aromatic rings. The van der Waals surface area contributed by atoms with Gasteiger partial charge in [0, 0.05) is 16.5 Å². The van der Waals surface area contributed by atoms with Crippen LogP contribution in [0.3, 0.4) is 0 Å². The van der Waals surface area contributed by atoms with Crippen molar-refractivity contribution < 1.29 is 10.2 Å². The summed E-state index contributed by atoms with van der Waals surface area (Å²) < 4.78 is 0. The molecule has 4 rings (SSSR count). The van der Waals surface area contributed by atoms with Crippen LogP contribution in [0.2, 0.25) is 0 Å². The lowest BCUT2D eigenvalue weighted by molar-refractivity contribution is -0.0330. The van der Waals surface area contributed by atoms with Gasteiger partial charge in [-0.15, -0.1) is 0 Å². The number of aliphatic hydroxyl groups excluding tert-OH is 2. The number of nitrogens with two attached hydrogens (primary N) is 1. The zero-order chi connectivity index (χ0) is 15.7. The van der Waals surface area contributed by atoms with Crippen LogP contribution >= 0.6 is 0 Å². The fourth-order valence-electron chi connectivity index (χ4n) is 6.26. The van der Waals surface area contributed by atoms with Crippen molar-refractivity contribution in [2.24, 2.45) is 34.3 Å². The van der Waals surface area contributed by atoms with Gasteiger partial charge in [0.15, 0.2) is 0 Å². The Balaban J connectivity index is 1.78. The van der Waals surface area contributed by atoms with Crippen molar-refractivity contribution in [2.45, 2.75) is 64.6 Å². The zero-order valence-electron chi connectivity index (χ0n) is 13.8. The summed E-state index contributed by atoms with van der Waals surface area (Å²) in [6.45, 7) is 4.51. The summed E-state index contributed by atoms with van der Waals surface area (Å²) >= 11 is 0. The maximum absolute atomic E-state index is 10.5. The second kappa shape index (κ2) is 4.61. The average Bonchev–Trinajstić information content (AvgIpc) is 2.72. The molecule has 3 nitrogen and oxygen atoms in total. The van der Waals surface area contributed by atoms with Crippen molar-refractivity contribution in [3.05, 3.63) is 23.4 Å². The topological polar surface area (TPSA) is 66.5 Å². The molecule has 4 N–H and O–H groups in total. The molecule has 0 heterocycles. The summed E-state index contributed by atoms with van der Waals surface area (Å²) in [4.78, 5) is 0. The van der Waals surface area contributed by atoms with Crippen molar-refractivity contribution in [2.75, 3.05) is 0 Å². The fraction of sp³-hybridized carbons (Fsp3) is 0.789. The first-order chi connectivity index (χ1) is 10.4. The van der Waals surface area contributed by atoms with Crippen LogP contribution in [0, 0.1) is 28.6 Å². The van der Waals surface area contributed by atoms with Crippen LogP contribution in [-0.4, -0.2) is 22.4 Å². The predicted molar refractivity (Wildman–Crippen MR) is 86.8 cm³/mol. The molecular formula is C19H29NO2. The largest absolute Gasteiger partial charge is 0.402 e. The van der Waals surface area contributed by atoms with Gasteiger partial charge in [0.25, 0.3) is 0 Å². The second-order valence-electron chi connectivity index (χ2n) is 8.54. The molecule has 0 aliphatic heterocycles. The van der Waals surface area contributed by atoms with E-state index in [1.165, 1.54) is 24.8 Å². The number of rotatable bonds is 0. The van der Waals surface area contributed by atoms with E-state index < -0.39 is 12.2 Å². The molecule has 0 aromatic carbocycles. The first kappa shape index (κ1) is 14.8. The molecule has 0 bridgehead atoms. The maximum atomic E-state index is 10.5. The molecule has 1 unspecified atom stereocenters. The molecule has 2 fully saturated rings. The Morgan fingerprint density at radius 3 is 2.68 bits per heavy atom. The minimum absolute atomic E-state index is 0.0149. The average molecular weight is 303 g/mol. The minimum Gasteiger partial charge on any atom is -0.402 e. The van der Waals surface area contributed by atoms with Gasteiger partial charge in [-0.2, -0.15) is 0 Å². The molecule has 4 aliphatic rings. The van der Waals surface area contributed by atoms with Crippen LogP contribution in [0.1, 0.15) is 52.4 Å². The van der Waals surface area contributed by atoms with Crippen molar-refractivity contribution in [3.63, 3.8) is 0 Å². The Hall–Kier alpha value is -0.800. The summed E-state index contributed by atoms with van der Waals surface area (Å²) in [6.07, 6.45) is 9.85.